The Kier molecular flexibility index (Phi) is 6.46. The molecule has 240 valence electrons. The van der Waals surface area contributed by atoms with E-state index in [0.29, 0.717) is 11.5 Å². The highest BCUT2D eigenvalue weighted by atomic mass is 16.3. The number of benzene rings is 7. The van der Waals surface area contributed by atoms with E-state index in [2.05, 4.69) is 111 Å². The van der Waals surface area contributed by atoms with Crippen LogP contribution in [0.25, 0.3) is 49.9 Å². The third-order valence-corrected chi connectivity index (χ3v) is 10.7. The number of hydrogen-bond donors (Lipinski definition) is 0. The third-order valence-electron chi connectivity index (χ3n) is 10.7. The molecule has 1 spiro atoms. The molecule has 2 aliphatic carbocycles. The SMILES string of the molecule is C=C(N=C(N=C(C)c1ccc2c(c1)C1(c3ccccc3-c3ccccc31)c1ccc3c(oc4ccccc43)c1-2)c1ccccc1)c1ccccc1. The van der Waals surface area contributed by atoms with Gasteiger partial charge in [0.25, 0.3) is 0 Å². The molecule has 7 aromatic carbocycles. The molecule has 0 radical (unpaired) electrons. The molecule has 51 heavy (non-hydrogen) atoms. The Labute approximate surface area is 296 Å². The molecule has 1 heterocycles. The highest BCUT2D eigenvalue weighted by Crippen LogP contribution is 2.64. The molecular weight excluding hydrogens is 621 g/mol. The lowest BCUT2D eigenvalue weighted by atomic mass is 9.70. The fraction of sp³-hybridized carbons (Fsp3) is 0.0417. The van der Waals surface area contributed by atoms with E-state index in [0.717, 1.165) is 49.9 Å². The molecule has 0 N–H and O–H groups in total. The zero-order chi connectivity index (χ0) is 34.1. The Hall–Kier alpha value is -6.58. The lowest BCUT2D eigenvalue weighted by Crippen LogP contribution is -2.26. The van der Waals surface area contributed by atoms with Crippen molar-refractivity contribution in [3.8, 4) is 22.3 Å². The van der Waals surface area contributed by atoms with Crippen molar-refractivity contribution >= 4 is 39.2 Å². The first-order valence-electron chi connectivity index (χ1n) is 17.4. The van der Waals surface area contributed by atoms with E-state index in [1.54, 1.807) is 0 Å². The van der Waals surface area contributed by atoms with Crippen LogP contribution in [0, 0.1) is 0 Å². The molecule has 2 aliphatic rings. The van der Waals surface area contributed by atoms with Crippen molar-refractivity contribution in [2.75, 3.05) is 0 Å². The quantitative estimate of drug-likeness (QED) is 0.138. The minimum Gasteiger partial charge on any atom is -0.455 e. The molecule has 0 amide bonds. The lowest BCUT2D eigenvalue weighted by Gasteiger charge is -2.30. The minimum atomic E-state index is -0.515. The normalized spacial score (nSPS) is 14.1. The second-order valence-electron chi connectivity index (χ2n) is 13.4. The van der Waals surface area contributed by atoms with Crippen molar-refractivity contribution < 1.29 is 4.42 Å². The number of furan rings is 1. The summed E-state index contributed by atoms with van der Waals surface area (Å²) < 4.78 is 6.74. The Bertz CT molecular complexity index is 2720. The predicted molar refractivity (Wildman–Crippen MR) is 211 cm³/mol. The van der Waals surface area contributed by atoms with Crippen molar-refractivity contribution in [2.45, 2.75) is 12.3 Å². The van der Waals surface area contributed by atoms with Gasteiger partial charge in [-0.15, -0.1) is 0 Å². The maximum absolute atomic E-state index is 6.74. The second-order valence-corrected chi connectivity index (χ2v) is 13.4. The van der Waals surface area contributed by atoms with Gasteiger partial charge >= 0.3 is 0 Å². The summed E-state index contributed by atoms with van der Waals surface area (Å²) in [6.45, 7) is 6.38. The Morgan fingerprint density at radius 1 is 0.510 bits per heavy atom. The van der Waals surface area contributed by atoms with E-state index in [1.807, 2.05) is 66.7 Å². The van der Waals surface area contributed by atoms with Crippen LogP contribution in [0.15, 0.2) is 185 Å². The zero-order valence-electron chi connectivity index (χ0n) is 28.1. The highest BCUT2D eigenvalue weighted by molar-refractivity contribution is 6.15. The molecule has 0 fully saturated rings. The largest absolute Gasteiger partial charge is 0.455 e. The first kappa shape index (κ1) is 29.3. The van der Waals surface area contributed by atoms with Gasteiger partial charge in [-0.1, -0.05) is 158 Å². The van der Waals surface area contributed by atoms with Gasteiger partial charge in [0.1, 0.15) is 11.2 Å². The van der Waals surface area contributed by atoms with Crippen molar-refractivity contribution in [2.24, 2.45) is 9.98 Å². The van der Waals surface area contributed by atoms with Crippen LogP contribution in [-0.2, 0) is 5.41 Å². The number of fused-ring (bicyclic) bond motifs is 14. The Balaban J connectivity index is 1.22. The molecule has 1 aromatic heterocycles. The van der Waals surface area contributed by atoms with Crippen molar-refractivity contribution in [3.05, 3.63) is 209 Å². The van der Waals surface area contributed by atoms with Gasteiger partial charge in [-0.05, 0) is 69.1 Å². The van der Waals surface area contributed by atoms with Gasteiger partial charge in [-0.3, -0.25) is 0 Å². The van der Waals surface area contributed by atoms with Crippen LogP contribution >= 0.6 is 0 Å². The summed E-state index contributed by atoms with van der Waals surface area (Å²) >= 11 is 0. The van der Waals surface area contributed by atoms with Gasteiger partial charge in [0.15, 0.2) is 5.84 Å². The molecule has 0 aliphatic heterocycles. The van der Waals surface area contributed by atoms with Crippen molar-refractivity contribution in [3.63, 3.8) is 0 Å². The van der Waals surface area contributed by atoms with Gasteiger partial charge in [0.05, 0.1) is 11.1 Å². The number of aliphatic imine (C=N–C) groups is 2. The molecule has 0 unspecified atom stereocenters. The van der Waals surface area contributed by atoms with E-state index < -0.39 is 5.41 Å². The fourth-order valence-electron chi connectivity index (χ4n) is 8.41. The van der Waals surface area contributed by atoms with Gasteiger partial charge < -0.3 is 4.42 Å². The van der Waals surface area contributed by atoms with Crippen LogP contribution in [0.5, 0.6) is 0 Å². The monoisotopic (exact) mass is 652 g/mol. The number of rotatable bonds is 4. The molecule has 0 saturated carbocycles. The summed E-state index contributed by atoms with van der Waals surface area (Å²) in [4.78, 5) is 10.2. The van der Waals surface area contributed by atoms with Crippen molar-refractivity contribution in [1.29, 1.82) is 0 Å². The van der Waals surface area contributed by atoms with E-state index in [-0.39, 0.29) is 0 Å². The summed E-state index contributed by atoms with van der Waals surface area (Å²) in [7, 11) is 0. The summed E-state index contributed by atoms with van der Waals surface area (Å²) in [5, 5.41) is 2.27. The third kappa shape index (κ3) is 4.25. The van der Waals surface area contributed by atoms with Gasteiger partial charge in [-0.2, -0.15) is 0 Å². The van der Waals surface area contributed by atoms with E-state index in [4.69, 9.17) is 14.4 Å². The summed E-state index contributed by atoms with van der Waals surface area (Å²) in [5.74, 6) is 0.626. The predicted octanol–water partition coefficient (Wildman–Crippen LogP) is 11.9. The molecule has 10 rings (SSSR count). The number of para-hydroxylation sites is 1. The Morgan fingerprint density at radius 3 is 1.86 bits per heavy atom. The number of amidine groups is 1. The smallest absolute Gasteiger partial charge is 0.160 e. The molecule has 3 heteroatoms. The summed E-state index contributed by atoms with van der Waals surface area (Å²) in [5.41, 5.74) is 15.8. The maximum atomic E-state index is 6.74. The Morgan fingerprint density at radius 2 is 1.14 bits per heavy atom. The molecule has 3 nitrogen and oxygen atoms in total. The fourth-order valence-corrected chi connectivity index (χ4v) is 8.41. The average molecular weight is 653 g/mol. The first-order chi connectivity index (χ1) is 25.1. The van der Waals surface area contributed by atoms with Gasteiger partial charge in [-0.25, -0.2) is 9.98 Å². The molecular formula is C48H32N2O. The van der Waals surface area contributed by atoms with Crippen LogP contribution in [0.3, 0.4) is 0 Å². The topological polar surface area (TPSA) is 37.9 Å². The van der Waals surface area contributed by atoms with Crippen molar-refractivity contribution in [1.82, 2.24) is 0 Å². The van der Waals surface area contributed by atoms with E-state index >= 15 is 0 Å². The maximum Gasteiger partial charge on any atom is 0.160 e. The minimum absolute atomic E-state index is 0.515. The molecule has 8 aromatic rings. The van der Waals surface area contributed by atoms with Gasteiger partial charge in [0.2, 0.25) is 0 Å². The van der Waals surface area contributed by atoms with Gasteiger partial charge in [0, 0.05) is 27.6 Å². The standard InChI is InChI=1S/C48H32N2O/c1-30(32-15-5-3-6-16-32)49-47(33-17-7-4-8-18-33)50-31(2)34-25-26-39-43(29-34)48(40-22-12-9-19-35(40)36-20-10-13-23-41(36)48)42-28-27-38-37-21-11-14-24-44(37)51-46(38)45(39)42/h3-29H,1H2,2H3. The first-order valence-corrected chi connectivity index (χ1v) is 17.4. The number of nitrogens with zero attached hydrogens (tertiary/aromatic N) is 2. The molecule has 0 saturated heterocycles. The lowest BCUT2D eigenvalue weighted by molar-refractivity contribution is 0.669. The average Bonchev–Trinajstić information content (AvgIpc) is 3.82. The number of hydrogen-bond acceptors (Lipinski definition) is 2. The highest BCUT2D eigenvalue weighted by Gasteiger charge is 2.52. The van der Waals surface area contributed by atoms with Crippen LogP contribution in [0.4, 0.5) is 0 Å². The van der Waals surface area contributed by atoms with Crippen LogP contribution in [0.1, 0.15) is 45.9 Å². The van der Waals surface area contributed by atoms with E-state index in [9.17, 15) is 0 Å². The summed E-state index contributed by atoms with van der Waals surface area (Å²) in [6, 6.07) is 57.7. The van der Waals surface area contributed by atoms with E-state index in [1.165, 1.54) is 38.9 Å². The molecule has 0 atom stereocenters. The van der Waals surface area contributed by atoms with Crippen LogP contribution in [-0.4, -0.2) is 11.5 Å². The second kappa shape index (κ2) is 11.2. The summed E-state index contributed by atoms with van der Waals surface area (Å²) in [6.07, 6.45) is 0. The van der Waals surface area contributed by atoms with Crippen LogP contribution in [0.2, 0.25) is 0 Å². The zero-order valence-corrected chi connectivity index (χ0v) is 28.1. The van der Waals surface area contributed by atoms with Crippen LogP contribution < -0.4 is 0 Å². The molecule has 0 bridgehead atoms.